The first-order valence-corrected chi connectivity index (χ1v) is 8.99. The smallest absolute Gasteiger partial charge is 0.00926 e. The van der Waals surface area contributed by atoms with Crippen molar-refractivity contribution in [3.8, 4) is 0 Å². The predicted octanol–water partition coefficient (Wildman–Crippen LogP) is 4.04. The van der Waals surface area contributed by atoms with Gasteiger partial charge in [-0.1, -0.05) is 33.1 Å². The average molecular weight is 280 g/mol. The Morgan fingerprint density at radius 1 is 1.05 bits per heavy atom. The molecule has 0 amide bonds. The summed E-state index contributed by atoms with van der Waals surface area (Å²) in [5, 5.41) is 0. The van der Waals surface area contributed by atoms with Crippen LogP contribution in [0.25, 0.3) is 0 Å². The van der Waals surface area contributed by atoms with Gasteiger partial charge >= 0.3 is 0 Å². The second kappa shape index (κ2) is 7.26. The summed E-state index contributed by atoms with van der Waals surface area (Å²) in [6.45, 7) is 6.86. The molecule has 2 aliphatic carbocycles. The summed E-state index contributed by atoms with van der Waals surface area (Å²) < 4.78 is 0. The number of hydrogen-bond acceptors (Lipinski definition) is 2. The molecule has 0 bridgehead atoms. The van der Waals surface area contributed by atoms with Gasteiger partial charge in [0.1, 0.15) is 0 Å². The lowest BCUT2D eigenvalue weighted by atomic mass is 9.70. The van der Waals surface area contributed by atoms with E-state index in [1.807, 2.05) is 0 Å². The van der Waals surface area contributed by atoms with E-state index in [2.05, 4.69) is 25.8 Å². The topological polar surface area (TPSA) is 29.3 Å². The normalized spacial score (nSPS) is 39.1. The maximum absolute atomic E-state index is 6.18. The molecule has 0 unspecified atom stereocenters. The molecule has 2 saturated carbocycles. The van der Waals surface area contributed by atoms with E-state index in [4.69, 9.17) is 5.73 Å². The molecule has 0 aliphatic heterocycles. The molecule has 0 atom stereocenters. The molecular formula is C18H36N2. The van der Waals surface area contributed by atoms with Crippen LogP contribution in [0.3, 0.4) is 0 Å². The molecule has 0 aromatic carbocycles. The van der Waals surface area contributed by atoms with Crippen LogP contribution in [-0.4, -0.2) is 31.1 Å². The van der Waals surface area contributed by atoms with Crippen molar-refractivity contribution in [2.24, 2.45) is 23.0 Å². The molecule has 0 spiro atoms. The summed E-state index contributed by atoms with van der Waals surface area (Å²) in [4.78, 5) is 2.66. The number of nitrogens with zero attached hydrogens (tertiary/aromatic N) is 1. The van der Waals surface area contributed by atoms with Gasteiger partial charge in [0.25, 0.3) is 0 Å². The summed E-state index contributed by atoms with van der Waals surface area (Å²) in [7, 11) is 2.35. The van der Waals surface area contributed by atoms with Crippen LogP contribution in [0.1, 0.15) is 71.6 Å². The van der Waals surface area contributed by atoms with Crippen molar-refractivity contribution in [2.45, 2.75) is 77.7 Å². The van der Waals surface area contributed by atoms with E-state index in [1.54, 1.807) is 0 Å². The van der Waals surface area contributed by atoms with Gasteiger partial charge < -0.3 is 10.6 Å². The second-order valence-corrected chi connectivity index (χ2v) is 7.88. The monoisotopic (exact) mass is 280 g/mol. The highest BCUT2D eigenvalue weighted by molar-refractivity contribution is 4.90. The molecule has 0 aromatic rings. The minimum atomic E-state index is 0.420. The van der Waals surface area contributed by atoms with E-state index in [1.165, 1.54) is 64.3 Å². The highest BCUT2D eigenvalue weighted by Gasteiger charge is 2.35. The summed E-state index contributed by atoms with van der Waals surface area (Å²) in [5.41, 5.74) is 6.60. The first kappa shape index (κ1) is 16.3. The minimum absolute atomic E-state index is 0.420. The third kappa shape index (κ3) is 3.98. The van der Waals surface area contributed by atoms with Crippen LogP contribution in [0, 0.1) is 17.3 Å². The number of rotatable bonds is 5. The lowest BCUT2D eigenvalue weighted by molar-refractivity contribution is 0.0683. The zero-order chi connectivity index (χ0) is 14.6. The van der Waals surface area contributed by atoms with Crippen LogP contribution < -0.4 is 5.73 Å². The molecule has 2 fully saturated rings. The third-order valence-electron chi connectivity index (χ3n) is 6.37. The van der Waals surface area contributed by atoms with Crippen molar-refractivity contribution in [3.05, 3.63) is 0 Å². The van der Waals surface area contributed by atoms with Crippen molar-refractivity contribution in [1.29, 1.82) is 0 Å². The van der Waals surface area contributed by atoms with Crippen LogP contribution in [-0.2, 0) is 0 Å². The Morgan fingerprint density at radius 3 is 2.15 bits per heavy atom. The van der Waals surface area contributed by atoms with Crippen LogP contribution >= 0.6 is 0 Å². The van der Waals surface area contributed by atoms with Crippen LogP contribution in [0.5, 0.6) is 0 Å². The van der Waals surface area contributed by atoms with Crippen molar-refractivity contribution in [2.75, 3.05) is 20.1 Å². The summed E-state index contributed by atoms with van der Waals surface area (Å²) in [6.07, 6.45) is 12.5. The Kier molecular flexibility index (Phi) is 5.92. The van der Waals surface area contributed by atoms with Gasteiger partial charge in [0, 0.05) is 12.6 Å². The van der Waals surface area contributed by atoms with Crippen molar-refractivity contribution < 1.29 is 0 Å². The maximum Gasteiger partial charge on any atom is 0.00926 e. The van der Waals surface area contributed by atoms with Gasteiger partial charge in [-0.25, -0.2) is 0 Å². The molecular weight excluding hydrogens is 244 g/mol. The Labute approximate surface area is 126 Å². The van der Waals surface area contributed by atoms with Gasteiger partial charge in [-0.15, -0.1) is 0 Å². The number of nitrogens with two attached hydrogens (primary N) is 1. The quantitative estimate of drug-likeness (QED) is 0.823. The molecule has 2 nitrogen and oxygen atoms in total. The van der Waals surface area contributed by atoms with Crippen LogP contribution in [0.15, 0.2) is 0 Å². The van der Waals surface area contributed by atoms with Crippen LogP contribution in [0.2, 0.25) is 0 Å². The van der Waals surface area contributed by atoms with Crippen molar-refractivity contribution >= 4 is 0 Å². The zero-order valence-corrected chi connectivity index (χ0v) is 14.0. The fourth-order valence-electron chi connectivity index (χ4n) is 4.45. The lowest BCUT2D eigenvalue weighted by Crippen LogP contribution is -2.47. The van der Waals surface area contributed by atoms with Gasteiger partial charge in [0.05, 0.1) is 0 Å². The zero-order valence-electron chi connectivity index (χ0n) is 14.0. The highest BCUT2D eigenvalue weighted by atomic mass is 15.1. The van der Waals surface area contributed by atoms with Gasteiger partial charge in [0.2, 0.25) is 0 Å². The van der Waals surface area contributed by atoms with Crippen molar-refractivity contribution in [3.63, 3.8) is 0 Å². The van der Waals surface area contributed by atoms with Gasteiger partial charge in [0.15, 0.2) is 0 Å². The standard InChI is InChI=1S/C18H36N2/c1-4-16-5-7-17(8-6-16)20(3)14-18(13-19)11-9-15(2)10-12-18/h15-17H,4-14,19H2,1-3H3. The first-order valence-electron chi connectivity index (χ1n) is 8.99. The molecule has 0 radical (unpaired) electrons. The van der Waals surface area contributed by atoms with E-state index >= 15 is 0 Å². The van der Waals surface area contributed by atoms with Gasteiger partial charge in [-0.05, 0) is 69.4 Å². The van der Waals surface area contributed by atoms with Gasteiger partial charge in [-0.3, -0.25) is 0 Å². The molecule has 0 aromatic heterocycles. The summed E-state index contributed by atoms with van der Waals surface area (Å²) in [6, 6.07) is 0.820. The molecule has 118 valence electrons. The molecule has 2 rings (SSSR count). The molecule has 2 N–H and O–H groups in total. The third-order valence-corrected chi connectivity index (χ3v) is 6.37. The Balaban J connectivity index is 1.85. The van der Waals surface area contributed by atoms with E-state index in [-0.39, 0.29) is 0 Å². The van der Waals surface area contributed by atoms with E-state index in [9.17, 15) is 0 Å². The first-order chi connectivity index (χ1) is 9.58. The minimum Gasteiger partial charge on any atom is -0.330 e. The summed E-state index contributed by atoms with van der Waals surface area (Å²) in [5.74, 6) is 1.92. The van der Waals surface area contributed by atoms with E-state index in [0.717, 1.165) is 24.4 Å². The second-order valence-electron chi connectivity index (χ2n) is 7.88. The Hall–Kier alpha value is -0.0800. The van der Waals surface area contributed by atoms with Crippen LogP contribution in [0.4, 0.5) is 0 Å². The number of hydrogen-bond donors (Lipinski definition) is 1. The SMILES string of the molecule is CCC1CCC(N(C)CC2(CN)CCC(C)CC2)CC1. The average Bonchev–Trinajstić information content (AvgIpc) is 2.50. The molecule has 0 saturated heterocycles. The van der Waals surface area contributed by atoms with E-state index < -0.39 is 0 Å². The van der Waals surface area contributed by atoms with Crippen molar-refractivity contribution in [1.82, 2.24) is 4.90 Å². The fourth-order valence-corrected chi connectivity index (χ4v) is 4.45. The summed E-state index contributed by atoms with van der Waals surface area (Å²) >= 11 is 0. The fraction of sp³-hybridized carbons (Fsp3) is 1.00. The van der Waals surface area contributed by atoms with Gasteiger partial charge in [-0.2, -0.15) is 0 Å². The molecule has 2 aliphatic rings. The Morgan fingerprint density at radius 2 is 1.65 bits per heavy atom. The lowest BCUT2D eigenvalue weighted by Gasteiger charge is -2.44. The molecule has 2 heteroatoms. The Bertz CT molecular complexity index is 273. The largest absolute Gasteiger partial charge is 0.330 e. The predicted molar refractivity (Wildman–Crippen MR) is 87.8 cm³/mol. The maximum atomic E-state index is 6.18. The van der Waals surface area contributed by atoms with E-state index in [0.29, 0.717) is 5.41 Å². The highest BCUT2D eigenvalue weighted by Crippen LogP contribution is 2.39. The molecule has 0 heterocycles. The molecule has 20 heavy (non-hydrogen) atoms.